The number of benzene rings is 1. The van der Waals surface area contributed by atoms with Crippen LogP contribution in [0.15, 0.2) is 29.6 Å². The molecule has 0 spiro atoms. The second kappa shape index (κ2) is 4.69. The lowest BCUT2D eigenvalue weighted by molar-refractivity contribution is 0.456. The lowest BCUT2D eigenvalue weighted by Crippen LogP contribution is -1.96. The Labute approximate surface area is 97.2 Å². The van der Waals surface area contributed by atoms with Gasteiger partial charge in [-0.25, -0.2) is 9.37 Å². The maximum Gasteiger partial charge on any atom is 0.359 e. The Morgan fingerprint density at radius 1 is 1.38 bits per heavy atom. The lowest BCUT2D eigenvalue weighted by atomic mass is 10.2. The molecule has 0 fully saturated rings. The van der Waals surface area contributed by atoms with E-state index in [0.29, 0.717) is 5.69 Å². The van der Waals surface area contributed by atoms with Crippen molar-refractivity contribution >= 4 is 22.7 Å². The van der Waals surface area contributed by atoms with E-state index >= 15 is 0 Å². The van der Waals surface area contributed by atoms with Gasteiger partial charge in [0.1, 0.15) is 5.82 Å². The molecule has 1 N–H and O–H groups in total. The molecule has 1 aromatic carbocycles. The van der Waals surface area contributed by atoms with Crippen LogP contribution in [0, 0.1) is 5.82 Å². The van der Waals surface area contributed by atoms with Crippen molar-refractivity contribution < 1.29 is 17.3 Å². The van der Waals surface area contributed by atoms with Crippen LogP contribution >= 0.6 is 11.3 Å². The van der Waals surface area contributed by atoms with E-state index in [9.17, 15) is 8.60 Å². The van der Waals surface area contributed by atoms with Gasteiger partial charge in [-0.2, -0.15) is 4.21 Å². The Morgan fingerprint density at radius 3 is 2.69 bits per heavy atom. The third kappa shape index (κ3) is 2.63. The summed E-state index contributed by atoms with van der Waals surface area (Å²) >= 11 is -1.28. The minimum absolute atomic E-state index is 0.0974. The highest BCUT2D eigenvalue weighted by Crippen LogP contribution is 2.26. The quantitative estimate of drug-likeness (QED) is 0.860. The third-order valence-electron chi connectivity index (χ3n) is 1.77. The van der Waals surface area contributed by atoms with Crippen LogP contribution in [0.1, 0.15) is 0 Å². The van der Waals surface area contributed by atoms with Gasteiger partial charge in [-0.05, 0) is 24.3 Å². The van der Waals surface area contributed by atoms with E-state index in [-0.39, 0.29) is 11.0 Å². The average molecular weight is 259 g/mol. The molecule has 0 saturated heterocycles. The number of hydrogen-bond acceptors (Lipinski definition) is 4. The zero-order valence-corrected chi connectivity index (χ0v) is 9.43. The van der Waals surface area contributed by atoms with Gasteiger partial charge in [0.05, 0.1) is 5.69 Å². The molecule has 84 valence electrons. The van der Waals surface area contributed by atoms with Crippen molar-refractivity contribution in [1.29, 1.82) is 0 Å². The molecule has 1 heterocycles. The largest absolute Gasteiger partial charge is 0.359 e. The molecule has 2 aromatic rings. The average Bonchev–Trinajstić information content (AvgIpc) is 2.66. The van der Waals surface area contributed by atoms with E-state index < -0.39 is 11.4 Å². The number of halogens is 1. The Hall–Kier alpha value is -1.31. The minimum Gasteiger partial charge on any atom is -0.349 e. The van der Waals surface area contributed by atoms with Crippen molar-refractivity contribution in [1.82, 2.24) is 4.98 Å². The SMILES string of the molecule is O=S(O)Oc1nc(-c2ccc(F)cc2)cs1. The van der Waals surface area contributed by atoms with E-state index in [1.54, 1.807) is 17.5 Å². The fourth-order valence-electron chi connectivity index (χ4n) is 1.11. The Kier molecular flexibility index (Phi) is 3.28. The predicted molar refractivity (Wildman–Crippen MR) is 58.9 cm³/mol. The first kappa shape index (κ1) is 11.2. The monoisotopic (exact) mass is 259 g/mol. The highest BCUT2D eigenvalue weighted by molar-refractivity contribution is 7.74. The molecular formula is C9H6FNO3S2. The molecule has 1 aromatic heterocycles. The highest BCUT2D eigenvalue weighted by atomic mass is 32.2. The summed E-state index contributed by atoms with van der Waals surface area (Å²) in [5.41, 5.74) is 1.29. The van der Waals surface area contributed by atoms with E-state index in [2.05, 4.69) is 9.17 Å². The Balaban J connectivity index is 2.24. The summed E-state index contributed by atoms with van der Waals surface area (Å²) in [5.74, 6) is -0.327. The van der Waals surface area contributed by atoms with Crippen molar-refractivity contribution in [3.63, 3.8) is 0 Å². The van der Waals surface area contributed by atoms with E-state index in [4.69, 9.17) is 4.55 Å². The predicted octanol–water partition coefficient (Wildman–Crippen LogP) is 2.46. The van der Waals surface area contributed by atoms with Crippen LogP contribution in [0.25, 0.3) is 11.3 Å². The fraction of sp³-hybridized carbons (Fsp3) is 0. The van der Waals surface area contributed by atoms with Crippen LogP contribution in [0.2, 0.25) is 0 Å². The first-order chi connectivity index (χ1) is 7.65. The third-order valence-corrected chi connectivity index (χ3v) is 2.89. The first-order valence-electron chi connectivity index (χ1n) is 4.16. The fourth-order valence-corrected chi connectivity index (χ4v) is 2.15. The highest BCUT2D eigenvalue weighted by Gasteiger charge is 2.07. The van der Waals surface area contributed by atoms with Crippen molar-refractivity contribution in [2.45, 2.75) is 0 Å². The summed E-state index contributed by atoms with van der Waals surface area (Å²) in [6.07, 6.45) is 0. The van der Waals surface area contributed by atoms with Crippen molar-refractivity contribution in [3.8, 4) is 16.5 Å². The smallest absolute Gasteiger partial charge is 0.349 e. The molecule has 0 aliphatic rings. The summed E-state index contributed by atoms with van der Waals surface area (Å²) in [7, 11) is 0. The van der Waals surface area contributed by atoms with Gasteiger partial charge in [0, 0.05) is 10.9 Å². The molecular weight excluding hydrogens is 253 g/mol. The van der Waals surface area contributed by atoms with Crippen LogP contribution in [-0.2, 0) is 11.4 Å². The van der Waals surface area contributed by atoms with Gasteiger partial charge in [0.15, 0.2) is 0 Å². The number of rotatable bonds is 3. The van der Waals surface area contributed by atoms with Crippen molar-refractivity contribution in [2.24, 2.45) is 0 Å². The second-order valence-electron chi connectivity index (χ2n) is 2.81. The van der Waals surface area contributed by atoms with Crippen LogP contribution < -0.4 is 4.18 Å². The molecule has 1 atom stereocenters. The van der Waals surface area contributed by atoms with Crippen LogP contribution in [0.4, 0.5) is 4.39 Å². The van der Waals surface area contributed by atoms with Crippen LogP contribution in [0.3, 0.4) is 0 Å². The molecule has 0 bridgehead atoms. The van der Waals surface area contributed by atoms with E-state index in [1.165, 1.54) is 12.1 Å². The molecule has 7 heteroatoms. The molecule has 0 amide bonds. The molecule has 0 aliphatic carbocycles. The molecule has 1 unspecified atom stereocenters. The van der Waals surface area contributed by atoms with Gasteiger partial charge < -0.3 is 4.18 Å². The van der Waals surface area contributed by atoms with Gasteiger partial charge in [0.25, 0.3) is 5.19 Å². The van der Waals surface area contributed by atoms with Gasteiger partial charge in [-0.1, -0.05) is 11.3 Å². The summed E-state index contributed by atoms with van der Waals surface area (Å²) in [6.45, 7) is 0. The molecule has 0 saturated carbocycles. The molecule has 0 radical (unpaired) electrons. The maximum absolute atomic E-state index is 12.7. The summed E-state index contributed by atoms with van der Waals surface area (Å²) in [4.78, 5) is 3.97. The topological polar surface area (TPSA) is 59.4 Å². The molecule has 4 nitrogen and oxygen atoms in total. The Bertz CT molecular complexity index is 512. The van der Waals surface area contributed by atoms with E-state index in [0.717, 1.165) is 16.9 Å². The standard InChI is InChI=1S/C9H6FNO3S2/c10-7-3-1-6(2-4-7)8-5-15-9(11-8)14-16(12)13/h1-5H,(H,12,13). The second-order valence-corrected chi connectivity index (χ2v) is 4.23. The zero-order chi connectivity index (χ0) is 11.5. The first-order valence-corrected chi connectivity index (χ1v) is 6.07. The van der Waals surface area contributed by atoms with Crippen LogP contribution in [0.5, 0.6) is 5.19 Å². The maximum atomic E-state index is 12.7. The zero-order valence-electron chi connectivity index (χ0n) is 7.79. The Morgan fingerprint density at radius 2 is 2.06 bits per heavy atom. The van der Waals surface area contributed by atoms with Gasteiger partial charge in [0.2, 0.25) is 0 Å². The number of thiazole rings is 1. The molecule has 2 rings (SSSR count). The summed E-state index contributed by atoms with van der Waals surface area (Å²) in [5, 5.41) is 1.76. The summed E-state index contributed by atoms with van der Waals surface area (Å²) < 4.78 is 36.0. The number of nitrogens with zero attached hydrogens (tertiary/aromatic N) is 1. The normalized spacial score (nSPS) is 12.4. The molecule has 16 heavy (non-hydrogen) atoms. The van der Waals surface area contributed by atoms with Crippen LogP contribution in [-0.4, -0.2) is 13.7 Å². The van der Waals surface area contributed by atoms with Crippen molar-refractivity contribution in [2.75, 3.05) is 0 Å². The molecule has 0 aliphatic heterocycles. The minimum atomic E-state index is -2.38. The number of hydrogen-bond donors (Lipinski definition) is 1. The van der Waals surface area contributed by atoms with Gasteiger partial charge >= 0.3 is 11.4 Å². The number of aromatic nitrogens is 1. The summed E-state index contributed by atoms with van der Waals surface area (Å²) in [6, 6.07) is 5.78. The van der Waals surface area contributed by atoms with Crippen molar-refractivity contribution in [3.05, 3.63) is 35.5 Å². The van der Waals surface area contributed by atoms with Gasteiger partial charge in [-0.3, -0.25) is 4.55 Å². The van der Waals surface area contributed by atoms with Gasteiger partial charge in [-0.15, -0.1) is 0 Å². The lowest BCUT2D eigenvalue weighted by Gasteiger charge is -1.95. The van der Waals surface area contributed by atoms with E-state index in [1.807, 2.05) is 0 Å².